The van der Waals surface area contributed by atoms with E-state index in [0.29, 0.717) is 38.9 Å². The number of rotatable bonds is 13. The lowest BCUT2D eigenvalue weighted by Gasteiger charge is -2.07. The van der Waals surface area contributed by atoms with Crippen molar-refractivity contribution in [2.24, 2.45) is 0 Å². The van der Waals surface area contributed by atoms with Crippen LogP contribution in [0.3, 0.4) is 0 Å². The Bertz CT molecular complexity index is 517. The zero-order valence-electron chi connectivity index (χ0n) is 13.2. The summed E-state index contributed by atoms with van der Waals surface area (Å²) in [6, 6.07) is 6.49. The molecule has 0 N–H and O–H groups in total. The van der Waals surface area contributed by atoms with E-state index in [1.165, 1.54) is 12.1 Å². The highest BCUT2D eigenvalue weighted by Crippen LogP contribution is 2.12. The molecule has 132 valence electrons. The summed E-state index contributed by atoms with van der Waals surface area (Å²) in [6.45, 7) is 4.28. The van der Waals surface area contributed by atoms with Crippen LogP contribution in [0.15, 0.2) is 29.2 Å². The number of ether oxygens (including phenoxy) is 3. The van der Waals surface area contributed by atoms with E-state index < -0.39 is 10.1 Å². The van der Waals surface area contributed by atoms with Crippen molar-refractivity contribution in [1.29, 1.82) is 0 Å². The normalized spacial score (nSPS) is 11.7. The number of benzene rings is 1. The van der Waals surface area contributed by atoms with Crippen LogP contribution < -0.4 is 0 Å². The summed E-state index contributed by atoms with van der Waals surface area (Å²) in [7, 11) is -3.73. The van der Waals surface area contributed by atoms with Crippen molar-refractivity contribution in [2.45, 2.75) is 11.8 Å². The van der Waals surface area contributed by atoms with Crippen LogP contribution in [0.1, 0.15) is 5.56 Å². The van der Waals surface area contributed by atoms with Crippen LogP contribution in [0.25, 0.3) is 0 Å². The van der Waals surface area contributed by atoms with E-state index in [1.807, 2.05) is 6.92 Å². The Labute approximate surface area is 142 Å². The fraction of sp³-hybridized carbons (Fsp3) is 0.600. The van der Waals surface area contributed by atoms with Gasteiger partial charge in [0.25, 0.3) is 10.1 Å². The Balaban J connectivity index is 2.05. The molecule has 0 aliphatic rings. The van der Waals surface area contributed by atoms with Crippen LogP contribution in [-0.4, -0.2) is 60.5 Å². The van der Waals surface area contributed by atoms with Gasteiger partial charge in [-0.1, -0.05) is 17.7 Å². The molecule has 1 aromatic rings. The third-order valence-corrected chi connectivity index (χ3v) is 4.22. The molecule has 1 aromatic carbocycles. The van der Waals surface area contributed by atoms with E-state index in [1.54, 1.807) is 12.1 Å². The fourth-order valence-corrected chi connectivity index (χ4v) is 2.57. The Morgan fingerprint density at radius 1 is 0.826 bits per heavy atom. The molecule has 0 aliphatic carbocycles. The van der Waals surface area contributed by atoms with Crippen molar-refractivity contribution in [2.75, 3.05) is 52.1 Å². The van der Waals surface area contributed by atoms with E-state index in [-0.39, 0.29) is 18.1 Å². The van der Waals surface area contributed by atoms with Crippen LogP contribution >= 0.6 is 11.6 Å². The molecule has 0 bridgehead atoms. The minimum atomic E-state index is -3.73. The number of hydrogen-bond acceptors (Lipinski definition) is 6. The van der Waals surface area contributed by atoms with Crippen LogP contribution in [0.4, 0.5) is 0 Å². The van der Waals surface area contributed by atoms with E-state index >= 15 is 0 Å². The lowest BCUT2D eigenvalue weighted by atomic mass is 10.2. The predicted octanol–water partition coefficient (Wildman–Crippen LogP) is 1.99. The fourth-order valence-electron chi connectivity index (χ4n) is 1.57. The zero-order valence-corrected chi connectivity index (χ0v) is 14.8. The van der Waals surface area contributed by atoms with Crippen LogP contribution in [0.2, 0.25) is 0 Å². The van der Waals surface area contributed by atoms with Gasteiger partial charge in [-0.05, 0) is 19.1 Å². The van der Waals surface area contributed by atoms with Crippen molar-refractivity contribution in [1.82, 2.24) is 0 Å². The van der Waals surface area contributed by atoms with Crippen molar-refractivity contribution in [3.63, 3.8) is 0 Å². The Morgan fingerprint density at radius 3 is 1.83 bits per heavy atom. The molecule has 0 atom stereocenters. The lowest BCUT2D eigenvalue weighted by molar-refractivity contribution is 0.0120. The van der Waals surface area contributed by atoms with E-state index in [4.69, 9.17) is 30.0 Å². The van der Waals surface area contributed by atoms with E-state index in [9.17, 15) is 8.42 Å². The summed E-state index contributed by atoms with van der Waals surface area (Å²) in [5, 5.41) is 0. The molecule has 0 aliphatic heterocycles. The highest BCUT2D eigenvalue weighted by Gasteiger charge is 2.14. The summed E-state index contributed by atoms with van der Waals surface area (Å²) >= 11 is 5.45. The first kappa shape index (κ1) is 20.3. The average molecular weight is 367 g/mol. The topological polar surface area (TPSA) is 71.1 Å². The summed E-state index contributed by atoms with van der Waals surface area (Å²) in [4.78, 5) is 0.142. The molecule has 0 heterocycles. The molecule has 0 saturated heterocycles. The monoisotopic (exact) mass is 366 g/mol. The van der Waals surface area contributed by atoms with Gasteiger partial charge >= 0.3 is 0 Å². The summed E-state index contributed by atoms with van der Waals surface area (Å²) in [5.74, 6) is 0.467. The molecule has 0 radical (unpaired) electrons. The second-order valence-corrected chi connectivity index (χ2v) is 6.61. The summed E-state index contributed by atoms with van der Waals surface area (Å²) < 4.78 is 44.3. The van der Waals surface area contributed by atoms with Gasteiger partial charge in [-0.2, -0.15) is 8.42 Å². The van der Waals surface area contributed by atoms with Gasteiger partial charge in [-0.3, -0.25) is 4.18 Å². The van der Waals surface area contributed by atoms with Gasteiger partial charge in [0.2, 0.25) is 0 Å². The highest BCUT2D eigenvalue weighted by atomic mass is 35.5. The maximum absolute atomic E-state index is 11.9. The van der Waals surface area contributed by atoms with Gasteiger partial charge in [0.15, 0.2) is 0 Å². The Kier molecular flexibility index (Phi) is 10.4. The number of halogens is 1. The predicted molar refractivity (Wildman–Crippen MR) is 87.5 cm³/mol. The third-order valence-electron chi connectivity index (χ3n) is 2.74. The van der Waals surface area contributed by atoms with Crippen molar-refractivity contribution < 1.29 is 26.8 Å². The first-order chi connectivity index (χ1) is 11.1. The number of alkyl halides is 1. The van der Waals surface area contributed by atoms with Crippen molar-refractivity contribution in [3.05, 3.63) is 29.8 Å². The van der Waals surface area contributed by atoms with Crippen molar-refractivity contribution in [3.8, 4) is 0 Å². The van der Waals surface area contributed by atoms with Crippen LogP contribution in [0, 0.1) is 6.92 Å². The number of aryl methyl sites for hydroxylation is 1. The van der Waals surface area contributed by atoms with Gasteiger partial charge in [-0.15, -0.1) is 11.6 Å². The summed E-state index contributed by atoms with van der Waals surface area (Å²) in [5.41, 5.74) is 0.986. The molecule has 0 fully saturated rings. The molecular formula is C15H23ClO6S. The van der Waals surface area contributed by atoms with Gasteiger partial charge in [0.05, 0.1) is 51.1 Å². The van der Waals surface area contributed by atoms with Crippen LogP contribution in [0.5, 0.6) is 0 Å². The SMILES string of the molecule is Cc1ccc(S(=O)(=O)OCCOCCOCCOCCCl)cc1. The minimum absolute atomic E-state index is 0.0327. The maximum atomic E-state index is 11.9. The second kappa shape index (κ2) is 11.8. The standard InChI is InChI=1S/C15H23ClO6S/c1-14-2-4-15(5-3-14)23(17,18)22-13-12-21-11-10-20-9-8-19-7-6-16/h2-5H,6-13H2,1H3. The molecule has 0 spiro atoms. The molecule has 0 aromatic heterocycles. The van der Waals surface area contributed by atoms with Gasteiger partial charge in [0, 0.05) is 5.88 Å². The van der Waals surface area contributed by atoms with Crippen LogP contribution in [-0.2, 0) is 28.5 Å². The smallest absolute Gasteiger partial charge is 0.297 e. The molecule has 8 heteroatoms. The molecular weight excluding hydrogens is 344 g/mol. The molecule has 23 heavy (non-hydrogen) atoms. The summed E-state index contributed by atoms with van der Waals surface area (Å²) in [6.07, 6.45) is 0. The minimum Gasteiger partial charge on any atom is -0.378 e. The quantitative estimate of drug-likeness (QED) is 0.302. The lowest BCUT2D eigenvalue weighted by Crippen LogP contribution is -2.14. The first-order valence-electron chi connectivity index (χ1n) is 7.31. The first-order valence-corrected chi connectivity index (χ1v) is 9.26. The highest BCUT2D eigenvalue weighted by molar-refractivity contribution is 7.86. The Morgan fingerprint density at radius 2 is 1.30 bits per heavy atom. The molecule has 1 rings (SSSR count). The molecule has 0 saturated carbocycles. The Hall–Kier alpha value is -0.700. The van der Waals surface area contributed by atoms with E-state index in [2.05, 4.69) is 0 Å². The maximum Gasteiger partial charge on any atom is 0.297 e. The molecule has 6 nitrogen and oxygen atoms in total. The molecule has 0 unspecified atom stereocenters. The van der Waals surface area contributed by atoms with Gasteiger partial charge in [-0.25, -0.2) is 0 Å². The third kappa shape index (κ3) is 9.24. The van der Waals surface area contributed by atoms with Gasteiger partial charge < -0.3 is 14.2 Å². The van der Waals surface area contributed by atoms with Gasteiger partial charge in [0.1, 0.15) is 0 Å². The average Bonchev–Trinajstić information content (AvgIpc) is 2.53. The zero-order chi connectivity index (χ0) is 17.0. The molecule has 0 amide bonds. The second-order valence-electron chi connectivity index (χ2n) is 4.62. The number of hydrogen-bond donors (Lipinski definition) is 0. The van der Waals surface area contributed by atoms with E-state index in [0.717, 1.165) is 5.56 Å². The largest absolute Gasteiger partial charge is 0.378 e. The van der Waals surface area contributed by atoms with Crippen molar-refractivity contribution >= 4 is 21.7 Å².